The van der Waals surface area contributed by atoms with E-state index in [1.165, 1.54) is 0 Å². The average molecular weight is 475 g/mol. The Kier molecular flexibility index (Phi) is 8.81. The minimum absolute atomic E-state index is 0.117. The van der Waals surface area contributed by atoms with Gasteiger partial charge in [0.15, 0.2) is 0 Å². The molecule has 9 nitrogen and oxygen atoms in total. The standard InChI is InChI=1S/C26H34N8O/c1-18(2)27-11-12-28-24-29-16-20(17-30-24)10-9-19-7-6-8-21(13-19)31-25(35)32-23-14-22(33-34-23)15-26(3,4)5/h6-8,13-14,16-18,27H,11-12,15H2,1-5H3,(H,28,29,30)(H3,31,32,33,34,35). The zero-order valence-electron chi connectivity index (χ0n) is 21.0. The minimum atomic E-state index is -0.360. The number of nitrogens with zero attached hydrogens (tertiary/aromatic N) is 3. The fraction of sp³-hybridized carbons (Fsp3) is 0.385. The van der Waals surface area contributed by atoms with E-state index < -0.39 is 0 Å². The molecule has 0 saturated carbocycles. The average Bonchev–Trinajstić information content (AvgIpc) is 3.21. The van der Waals surface area contributed by atoms with E-state index in [1.807, 2.05) is 24.3 Å². The number of hydrogen-bond acceptors (Lipinski definition) is 6. The lowest BCUT2D eigenvalue weighted by Gasteiger charge is -2.15. The monoisotopic (exact) mass is 474 g/mol. The molecule has 2 heterocycles. The molecule has 2 aromatic heterocycles. The van der Waals surface area contributed by atoms with Gasteiger partial charge in [0.2, 0.25) is 5.95 Å². The molecule has 5 N–H and O–H groups in total. The van der Waals surface area contributed by atoms with Crippen molar-refractivity contribution in [3.05, 3.63) is 59.5 Å². The summed E-state index contributed by atoms with van der Waals surface area (Å²) in [6.07, 6.45) is 4.19. The number of amides is 2. The van der Waals surface area contributed by atoms with Crippen molar-refractivity contribution in [2.45, 2.75) is 47.1 Å². The number of carbonyl (C=O) groups excluding carboxylic acids is 1. The summed E-state index contributed by atoms with van der Waals surface area (Å²) >= 11 is 0. The normalized spacial score (nSPS) is 11.0. The van der Waals surface area contributed by atoms with E-state index in [0.29, 0.717) is 29.1 Å². The maximum atomic E-state index is 12.4. The maximum absolute atomic E-state index is 12.4. The molecule has 3 rings (SSSR count). The third-order valence-corrected chi connectivity index (χ3v) is 4.67. The van der Waals surface area contributed by atoms with Gasteiger partial charge in [-0.25, -0.2) is 14.8 Å². The molecule has 35 heavy (non-hydrogen) atoms. The molecule has 0 aliphatic rings. The predicted molar refractivity (Wildman–Crippen MR) is 140 cm³/mol. The number of aromatic nitrogens is 4. The first-order chi connectivity index (χ1) is 16.7. The largest absolute Gasteiger partial charge is 0.353 e. The number of anilines is 3. The topological polar surface area (TPSA) is 120 Å². The summed E-state index contributed by atoms with van der Waals surface area (Å²) in [6, 6.07) is 9.26. The Hall–Kier alpha value is -3.90. The first-order valence-electron chi connectivity index (χ1n) is 11.7. The third-order valence-electron chi connectivity index (χ3n) is 4.67. The maximum Gasteiger partial charge on any atom is 0.324 e. The van der Waals surface area contributed by atoms with Gasteiger partial charge in [-0.3, -0.25) is 10.4 Å². The first-order valence-corrected chi connectivity index (χ1v) is 11.7. The number of H-pyrrole nitrogens is 1. The molecule has 0 unspecified atom stereocenters. The van der Waals surface area contributed by atoms with Crippen LogP contribution in [-0.4, -0.2) is 45.3 Å². The summed E-state index contributed by atoms with van der Waals surface area (Å²) in [6.45, 7) is 12.2. The number of hydrogen-bond donors (Lipinski definition) is 5. The van der Waals surface area contributed by atoms with E-state index >= 15 is 0 Å². The highest BCUT2D eigenvalue weighted by molar-refractivity contribution is 5.99. The van der Waals surface area contributed by atoms with Crippen LogP contribution in [0.3, 0.4) is 0 Å². The van der Waals surface area contributed by atoms with Crippen LogP contribution in [0.25, 0.3) is 0 Å². The van der Waals surface area contributed by atoms with Gasteiger partial charge >= 0.3 is 6.03 Å². The van der Waals surface area contributed by atoms with Crippen molar-refractivity contribution < 1.29 is 4.79 Å². The highest BCUT2D eigenvalue weighted by atomic mass is 16.2. The quantitative estimate of drug-likeness (QED) is 0.246. The van der Waals surface area contributed by atoms with Gasteiger partial charge < -0.3 is 16.0 Å². The van der Waals surface area contributed by atoms with Crippen LogP contribution in [0.5, 0.6) is 0 Å². The minimum Gasteiger partial charge on any atom is -0.353 e. The van der Waals surface area contributed by atoms with Crippen LogP contribution in [0.1, 0.15) is 51.4 Å². The van der Waals surface area contributed by atoms with E-state index in [0.717, 1.165) is 30.8 Å². The van der Waals surface area contributed by atoms with Gasteiger partial charge in [0.1, 0.15) is 5.82 Å². The molecule has 0 aliphatic heterocycles. The summed E-state index contributed by atoms with van der Waals surface area (Å²) in [4.78, 5) is 21.0. The van der Waals surface area contributed by atoms with E-state index in [4.69, 9.17) is 0 Å². The Bertz CT molecular complexity index is 1170. The molecule has 2 amide bonds. The molecule has 0 radical (unpaired) electrons. The van der Waals surface area contributed by atoms with Crippen LogP contribution in [-0.2, 0) is 6.42 Å². The van der Waals surface area contributed by atoms with Crippen LogP contribution in [0, 0.1) is 17.3 Å². The molecule has 0 bridgehead atoms. The lowest BCUT2D eigenvalue weighted by Crippen LogP contribution is -2.28. The lowest BCUT2D eigenvalue weighted by molar-refractivity contribution is 0.262. The van der Waals surface area contributed by atoms with E-state index in [9.17, 15) is 4.79 Å². The predicted octanol–water partition coefficient (Wildman–Crippen LogP) is 4.24. The Morgan fingerprint density at radius 2 is 1.77 bits per heavy atom. The number of carbonyl (C=O) groups is 1. The number of aromatic amines is 1. The Morgan fingerprint density at radius 1 is 1.03 bits per heavy atom. The van der Waals surface area contributed by atoms with Gasteiger partial charge in [-0.05, 0) is 30.0 Å². The fourth-order valence-electron chi connectivity index (χ4n) is 3.18. The summed E-state index contributed by atoms with van der Waals surface area (Å²) in [5.41, 5.74) is 3.12. The van der Waals surface area contributed by atoms with Crippen molar-refractivity contribution in [3.63, 3.8) is 0 Å². The fourth-order valence-corrected chi connectivity index (χ4v) is 3.18. The number of benzene rings is 1. The van der Waals surface area contributed by atoms with Crippen molar-refractivity contribution in [1.82, 2.24) is 25.5 Å². The number of urea groups is 1. The second kappa shape index (κ2) is 12.0. The smallest absolute Gasteiger partial charge is 0.324 e. The van der Waals surface area contributed by atoms with Crippen LogP contribution in [0.2, 0.25) is 0 Å². The molecular weight excluding hydrogens is 440 g/mol. The zero-order valence-corrected chi connectivity index (χ0v) is 21.0. The second-order valence-electron chi connectivity index (χ2n) is 9.75. The van der Waals surface area contributed by atoms with Gasteiger partial charge in [-0.1, -0.05) is 52.5 Å². The summed E-state index contributed by atoms with van der Waals surface area (Å²) in [5, 5.41) is 19.2. The Morgan fingerprint density at radius 3 is 2.49 bits per heavy atom. The molecule has 1 aromatic carbocycles. The molecule has 0 spiro atoms. The van der Waals surface area contributed by atoms with E-state index in [-0.39, 0.29) is 11.4 Å². The van der Waals surface area contributed by atoms with Crippen LogP contribution in [0.15, 0.2) is 42.7 Å². The molecule has 0 saturated heterocycles. The van der Waals surface area contributed by atoms with Crippen molar-refractivity contribution >= 4 is 23.5 Å². The highest BCUT2D eigenvalue weighted by Crippen LogP contribution is 2.20. The van der Waals surface area contributed by atoms with E-state index in [1.54, 1.807) is 18.5 Å². The molecule has 0 aliphatic carbocycles. The highest BCUT2D eigenvalue weighted by Gasteiger charge is 2.14. The first kappa shape index (κ1) is 25.7. The van der Waals surface area contributed by atoms with Crippen LogP contribution in [0.4, 0.5) is 22.2 Å². The van der Waals surface area contributed by atoms with Gasteiger partial charge in [-0.2, -0.15) is 5.10 Å². The Balaban J connectivity index is 1.53. The van der Waals surface area contributed by atoms with Crippen molar-refractivity contribution in [2.75, 3.05) is 29.0 Å². The summed E-state index contributed by atoms with van der Waals surface area (Å²) in [7, 11) is 0. The van der Waals surface area contributed by atoms with Gasteiger partial charge in [0.05, 0.1) is 11.3 Å². The SMILES string of the molecule is CC(C)NCCNc1ncc(C#Cc2cccc(NC(=O)Nc3cc(CC(C)(C)C)n[nH]3)c2)cn1. The third kappa shape index (κ3) is 9.47. The molecule has 184 valence electrons. The zero-order chi connectivity index (χ0) is 25.3. The summed E-state index contributed by atoms with van der Waals surface area (Å²) < 4.78 is 0. The summed E-state index contributed by atoms with van der Waals surface area (Å²) in [5.74, 6) is 7.26. The van der Waals surface area contributed by atoms with E-state index in [2.05, 4.69) is 87.9 Å². The van der Waals surface area contributed by atoms with Gasteiger partial charge in [0, 0.05) is 48.8 Å². The van der Waals surface area contributed by atoms with Gasteiger partial charge in [0.25, 0.3) is 0 Å². The Labute approximate surface area is 206 Å². The van der Waals surface area contributed by atoms with Gasteiger partial charge in [-0.15, -0.1) is 0 Å². The van der Waals surface area contributed by atoms with Crippen molar-refractivity contribution in [2.24, 2.45) is 5.41 Å². The molecule has 3 aromatic rings. The van der Waals surface area contributed by atoms with Crippen LogP contribution < -0.4 is 21.3 Å². The lowest BCUT2D eigenvalue weighted by atomic mass is 9.91. The van der Waals surface area contributed by atoms with Crippen LogP contribution >= 0.6 is 0 Å². The number of nitrogens with one attached hydrogen (secondary N) is 5. The number of rotatable bonds is 8. The molecule has 0 fully saturated rings. The second-order valence-corrected chi connectivity index (χ2v) is 9.75. The molecular formula is C26H34N8O. The molecule has 0 atom stereocenters. The molecule has 9 heteroatoms. The van der Waals surface area contributed by atoms with Crippen molar-refractivity contribution in [3.8, 4) is 11.8 Å². The van der Waals surface area contributed by atoms with Crippen molar-refractivity contribution in [1.29, 1.82) is 0 Å².